The van der Waals surface area contributed by atoms with Crippen LogP contribution in [0, 0.1) is 5.92 Å². The molecule has 1 atom stereocenters. The normalized spacial score (nSPS) is 12.1. The van der Waals surface area contributed by atoms with Gasteiger partial charge in [0.15, 0.2) is 0 Å². The molecule has 1 heterocycles. The molecule has 3 N–H and O–H groups in total. The van der Waals surface area contributed by atoms with Gasteiger partial charge in [-0.1, -0.05) is 6.92 Å². The van der Waals surface area contributed by atoms with Crippen LogP contribution >= 0.6 is 15.9 Å². The van der Waals surface area contributed by atoms with Crippen LogP contribution < -0.4 is 5.32 Å². The summed E-state index contributed by atoms with van der Waals surface area (Å²) in [5.74, 6) is -1.73. The molecule has 1 unspecified atom stereocenters. The molecule has 0 aliphatic heterocycles. The fourth-order valence-corrected chi connectivity index (χ4v) is 1.56. The number of rotatable bonds is 5. The van der Waals surface area contributed by atoms with Gasteiger partial charge < -0.3 is 15.4 Å². The van der Waals surface area contributed by atoms with E-state index in [9.17, 15) is 9.59 Å². The van der Waals surface area contributed by atoms with Crippen LogP contribution in [0.25, 0.3) is 0 Å². The monoisotopic (exact) mass is 288 g/mol. The van der Waals surface area contributed by atoms with Crippen LogP contribution in [0.2, 0.25) is 0 Å². The van der Waals surface area contributed by atoms with Gasteiger partial charge in [0.05, 0.1) is 5.92 Å². The Morgan fingerprint density at radius 3 is 2.75 bits per heavy atom. The lowest BCUT2D eigenvalue weighted by atomic mass is 10.1. The highest BCUT2D eigenvalue weighted by atomic mass is 79.9. The van der Waals surface area contributed by atoms with Crippen molar-refractivity contribution in [2.24, 2.45) is 5.92 Å². The second-order valence-corrected chi connectivity index (χ2v) is 4.30. The topological polar surface area (TPSA) is 82.2 Å². The summed E-state index contributed by atoms with van der Waals surface area (Å²) in [4.78, 5) is 25.0. The first-order valence-electron chi connectivity index (χ1n) is 4.89. The number of aromatic nitrogens is 1. The van der Waals surface area contributed by atoms with E-state index in [2.05, 4.69) is 26.2 Å². The minimum absolute atomic E-state index is 0.140. The summed E-state index contributed by atoms with van der Waals surface area (Å²) in [5.41, 5.74) is 0.409. The number of carboxylic acid groups (broad SMARTS) is 1. The molecular formula is C10H13BrN2O3. The van der Waals surface area contributed by atoms with Gasteiger partial charge in [-0.25, -0.2) is 0 Å². The van der Waals surface area contributed by atoms with E-state index in [0.717, 1.165) is 4.47 Å². The highest BCUT2D eigenvalue weighted by molar-refractivity contribution is 9.10. The average Bonchev–Trinajstić information content (AvgIpc) is 2.65. The van der Waals surface area contributed by atoms with Crippen LogP contribution in [0.1, 0.15) is 23.8 Å². The zero-order chi connectivity index (χ0) is 12.1. The van der Waals surface area contributed by atoms with E-state index in [1.165, 1.54) is 0 Å². The summed E-state index contributed by atoms with van der Waals surface area (Å²) in [6.45, 7) is 1.91. The van der Waals surface area contributed by atoms with E-state index in [4.69, 9.17) is 5.11 Å². The number of hydrogen-bond acceptors (Lipinski definition) is 2. The third kappa shape index (κ3) is 3.37. The van der Waals surface area contributed by atoms with Crippen LogP contribution in [0.3, 0.4) is 0 Å². The lowest BCUT2D eigenvalue weighted by molar-refractivity contribution is -0.141. The van der Waals surface area contributed by atoms with E-state index in [1.54, 1.807) is 19.2 Å². The maximum atomic E-state index is 11.5. The van der Waals surface area contributed by atoms with Crippen molar-refractivity contribution in [1.82, 2.24) is 10.3 Å². The fourth-order valence-electron chi connectivity index (χ4n) is 1.22. The molecular weight excluding hydrogens is 276 g/mol. The van der Waals surface area contributed by atoms with Gasteiger partial charge >= 0.3 is 5.97 Å². The van der Waals surface area contributed by atoms with Crippen LogP contribution in [-0.2, 0) is 4.79 Å². The molecule has 0 fully saturated rings. The van der Waals surface area contributed by atoms with Crippen molar-refractivity contribution >= 4 is 27.8 Å². The zero-order valence-electron chi connectivity index (χ0n) is 8.79. The summed E-state index contributed by atoms with van der Waals surface area (Å²) in [6.07, 6.45) is 2.13. The second kappa shape index (κ2) is 5.69. The molecule has 0 aliphatic rings. The summed E-state index contributed by atoms with van der Waals surface area (Å²) in [5, 5.41) is 11.4. The highest BCUT2D eigenvalue weighted by Gasteiger charge is 2.16. The molecule has 6 heteroatoms. The number of hydrogen-bond donors (Lipinski definition) is 3. The molecule has 0 aromatic carbocycles. The smallest absolute Gasteiger partial charge is 0.308 e. The SMILES string of the molecule is CCC(CNC(=O)c1cc(Br)c[nH]1)C(=O)O. The van der Waals surface area contributed by atoms with Crippen molar-refractivity contribution in [2.75, 3.05) is 6.54 Å². The number of carbonyl (C=O) groups excluding carboxylic acids is 1. The lowest BCUT2D eigenvalue weighted by Gasteiger charge is -2.10. The molecule has 0 radical (unpaired) electrons. The van der Waals surface area contributed by atoms with Gasteiger partial charge in [-0.15, -0.1) is 0 Å². The Morgan fingerprint density at radius 1 is 1.62 bits per heavy atom. The maximum absolute atomic E-state index is 11.5. The van der Waals surface area contributed by atoms with Crippen LogP contribution in [-0.4, -0.2) is 28.5 Å². The molecule has 1 aromatic heterocycles. The standard InChI is InChI=1S/C10H13BrN2O3/c1-2-6(10(15)16)4-13-9(14)8-3-7(11)5-12-8/h3,5-6,12H,2,4H2,1H3,(H,13,14)(H,15,16). The Labute approximate surface area is 101 Å². The Kier molecular flexibility index (Phi) is 4.54. The van der Waals surface area contributed by atoms with Gasteiger partial charge in [0.25, 0.3) is 5.91 Å². The number of carboxylic acids is 1. The molecule has 0 bridgehead atoms. The number of nitrogens with one attached hydrogen (secondary N) is 2. The van der Waals surface area contributed by atoms with Crippen LogP contribution in [0.4, 0.5) is 0 Å². The zero-order valence-corrected chi connectivity index (χ0v) is 10.4. The minimum atomic E-state index is -0.893. The first-order valence-corrected chi connectivity index (χ1v) is 5.68. The fraction of sp³-hybridized carbons (Fsp3) is 0.400. The van der Waals surface area contributed by atoms with Gasteiger partial charge in [-0.2, -0.15) is 0 Å². The largest absolute Gasteiger partial charge is 0.481 e. The first-order chi connectivity index (χ1) is 7.54. The number of aromatic amines is 1. The number of halogens is 1. The lowest BCUT2D eigenvalue weighted by Crippen LogP contribution is -2.32. The van der Waals surface area contributed by atoms with E-state index < -0.39 is 11.9 Å². The van der Waals surface area contributed by atoms with Crippen molar-refractivity contribution in [2.45, 2.75) is 13.3 Å². The van der Waals surface area contributed by atoms with Crippen molar-refractivity contribution in [1.29, 1.82) is 0 Å². The maximum Gasteiger partial charge on any atom is 0.308 e. The number of carbonyl (C=O) groups is 2. The van der Waals surface area contributed by atoms with E-state index in [1.807, 2.05) is 0 Å². The van der Waals surface area contributed by atoms with E-state index in [-0.39, 0.29) is 12.5 Å². The molecule has 0 saturated carbocycles. The summed E-state index contributed by atoms with van der Waals surface area (Å²) >= 11 is 3.21. The molecule has 5 nitrogen and oxygen atoms in total. The summed E-state index contributed by atoms with van der Waals surface area (Å²) in [7, 11) is 0. The van der Waals surface area contributed by atoms with Crippen molar-refractivity contribution in [3.63, 3.8) is 0 Å². The Bertz CT molecular complexity index is 389. The predicted octanol–water partition coefficient (Wildman–Crippen LogP) is 1.62. The number of aliphatic carboxylic acids is 1. The van der Waals surface area contributed by atoms with E-state index in [0.29, 0.717) is 12.1 Å². The summed E-state index contributed by atoms with van der Waals surface area (Å²) < 4.78 is 0.780. The van der Waals surface area contributed by atoms with Crippen LogP contribution in [0.15, 0.2) is 16.7 Å². The average molecular weight is 289 g/mol. The Morgan fingerprint density at radius 2 is 2.31 bits per heavy atom. The van der Waals surface area contributed by atoms with Gasteiger partial charge in [-0.05, 0) is 28.4 Å². The number of amides is 1. The molecule has 1 amide bonds. The van der Waals surface area contributed by atoms with Crippen LogP contribution in [0.5, 0.6) is 0 Å². The Hall–Kier alpha value is -1.30. The third-order valence-corrected chi connectivity index (χ3v) is 2.70. The van der Waals surface area contributed by atoms with Gasteiger partial charge in [-0.3, -0.25) is 9.59 Å². The molecule has 0 aliphatic carbocycles. The quantitative estimate of drug-likeness (QED) is 0.770. The molecule has 16 heavy (non-hydrogen) atoms. The van der Waals surface area contributed by atoms with E-state index >= 15 is 0 Å². The van der Waals surface area contributed by atoms with Crippen molar-refractivity contribution in [3.8, 4) is 0 Å². The van der Waals surface area contributed by atoms with Gasteiger partial charge in [0, 0.05) is 17.2 Å². The molecule has 1 aromatic rings. The van der Waals surface area contributed by atoms with Crippen molar-refractivity contribution < 1.29 is 14.7 Å². The molecule has 0 saturated heterocycles. The first kappa shape index (κ1) is 12.8. The second-order valence-electron chi connectivity index (χ2n) is 3.39. The van der Waals surface area contributed by atoms with Gasteiger partial charge in [0.2, 0.25) is 0 Å². The minimum Gasteiger partial charge on any atom is -0.481 e. The molecule has 88 valence electrons. The van der Waals surface area contributed by atoms with Gasteiger partial charge in [0.1, 0.15) is 5.69 Å². The summed E-state index contributed by atoms with van der Waals surface area (Å²) in [6, 6.07) is 1.64. The third-order valence-electron chi connectivity index (χ3n) is 2.24. The number of H-pyrrole nitrogens is 1. The van der Waals surface area contributed by atoms with Crippen molar-refractivity contribution in [3.05, 3.63) is 22.4 Å². The molecule has 0 spiro atoms. The predicted molar refractivity (Wildman–Crippen MR) is 62.2 cm³/mol. The Balaban J connectivity index is 2.49. The highest BCUT2D eigenvalue weighted by Crippen LogP contribution is 2.10. The molecule has 1 rings (SSSR count).